The van der Waals surface area contributed by atoms with Gasteiger partial charge in [-0.25, -0.2) is 0 Å². The molecule has 1 aromatic carbocycles. The number of nitrogen functional groups attached to an aromatic ring is 1. The van der Waals surface area contributed by atoms with Gasteiger partial charge in [0.2, 0.25) is 0 Å². The van der Waals surface area contributed by atoms with Gasteiger partial charge in [0.25, 0.3) is 0 Å². The van der Waals surface area contributed by atoms with Crippen molar-refractivity contribution in [2.75, 3.05) is 23.4 Å². The molecule has 3 N–H and O–H groups in total. The normalized spacial score (nSPS) is 16.4. The largest absolute Gasteiger partial charge is 0.366 e. The van der Waals surface area contributed by atoms with Crippen LogP contribution >= 0.6 is 0 Å². The van der Waals surface area contributed by atoms with Crippen LogP contribution in [0.15, 0.2) is 18.2 Å². The van der Waals surface area contributed by atoms with Crippen LogP contribution in [0.3, 0.4) is 0 Å². The number of hydrogen-bond acceptors (Lipinski definition) is 5. The van der Waals surface area contributed by atoms with Gasteiger partial charge in [-0.15, -0.1) is 0 Å². The maximum absolute atomic E-state index is 11.2. The van der Waals surface area contributed by atoms with Gasteiger partial charge in [-0.2, -0.15) is 0 Å². The van der Waals surface area contributed by atoms with Gasteiger partial charge in [0, 0.05) is 13.1 Å². The highest BCUT2D eigenvalue weighted by atomic mass is 16.6. The predicted octanol–water partition coefficient (Wildman–Crippen LogP) is 2.51. The molecule has 1 saturated heterocycles. The smallest absolute Gasteiger partial charge is 0.316 e. The molecule has 104 valence electrons. The SMILES string of the molecule is CCC1CCN(c2cccc(NN)c2[N+](=O)[O-])CC1. The zero-order valence-corrected chi connectivity index (χ0v) is 11.1. The van der Waals surface area contributed by atoms with Crippen LogP contribution in [0.25, 0.3) is 0 Å². The molecule has 0 aromatic heterocycles. The zero-order valence-electron chi connectivity index (χ0n) is 11.1. The van der Waals surface area contributed by atoms with Gasteiger partial charge < -0.3 is 10.3 Å². The molecule has 0 saturated carbocycles. The van der Waals surface area contributed by atoms with Crippen LogP contribution in [0.5, 0.6) is 0 Å². The minimum Gasteiger partial charge on any atom is -0.366 e. The van der Waals surface area contributed by atoms with Crippen molar-refractivity contribution in [3.8, 4) is 0 Å². The number of benzene rings is 1. The first-order valence-corrected chi connectivity index (χ1v) is 6.66. The number of hydrazine groups is 1. The number of piperidine rings is 1. The predicted molar refractivity (Wildman–Crippen MR) is 76.1 cm³/mol. The summed E-state index contributed by atoms with van der Waals surface area (Å²) in [6.45, 7) is 3.93. The number of nitro benzene ring substituents is 1. The van der Waals surface area contributed by atoms with Crippen molar-refractivity contribution >= 4 is 17.1 Å². The molecule has 0 unspecified atom stereocenters. The Morgan fingerprint density at radius 1 is 1.47 bits per heavy atom. The molecule has 6 nitrogen and oxygen atoms in total. The number of nitrogens with two attached hydrogens (primary N) is 1. The summed E-state index contributed by atoms with van der Waals surface area (Å²) >= 11 is 0. The lowest BCUT2D eigenvalue weighted by molar-refractivity contribution is -0.383. The third-order valence-corrected chi connectivity index (χ3v) is 3.89. The monoisotopic (exact) mass is 264 g/mol. The van der Waals surface area contributed by atoms with E-state index in [0.29, 0.717) is 11.4 Å². The van der Waals surface area contributed by atoms with E-state index in [1.807, 2.05) is 0 Å². The molecule has 1 heterocycles. The fraction of sp³-hybridized carbons (Fsp3) is 0.538. The maximum Gasteiger partial charge on any atom is 0.316 e. The first kappa shape index (κ1) is 13.6. The van der Waals surface area contributed by atoms with Gasteiger partial charge in [-0.1, -0.05) is 19.4 Å². The highest BCUT2D eigenvalue weighted by molar-refractivity contribution is 5.76. The van der Waals surface area contributed by atoms with E-state index in [1.54, 1.807) is 18.2 Å². The number of hydrogen-bond donors (Lipinski definition) is 2. The van der Waals surface area contributed by atoms with Crippen molar-refractivity contribution in [3.05, 3.63) is 28.3 Å². The molecular formula is C13H20N4O2. The minimum atomic E-state index is -0.365. The Labute approximate surface area is 112 Å². The van der Waals surface area contributed by atoms with Gasteiger partial charge >= 0.3 is 5.69 Å². The summed E-state index contributed by atoms with van der Waals surface area (Å²) in [5.74, 6) is 6.10. The average molecular weight is 264 g/mol. The molecule has 0 aliphatic carbocycles. The summed E-state index contributed by atoms with van der Waals surface area (Å²) in [7, 11) is 0. The van der Waals surface area contributed by atoms with Gasteiger partial charge in [0.15, 0.2) is 0 Å². The van der Waals surface area contributed by atoms with E-state index in [-0.39, 0.29) is 10.6 Å². The minimum absolute atomic E-state index is 0.0694. The Hall–Kier alpha value is -1.82. The van der Waals surface area contributed by atoms with Crippen LogP contribution in [-0.4, -0.2) is 18.0 Å². The molecule has 1 aliphatic rings. The topological polar surface area (TPSA) is 84.4 Å². The summed E-state index contributed by atoms with van der Waals surface area (Å²) in [4.78, 5) is 13.0. The van der Waals surface area contributed by atoms with Gasteiger partial charge in [0.05, 0.1) is 4.92 Å². The quantitative estimate of drug-likeness (QED) is 0.496. The van der Waals surface area contributed by atoms with Crippen molar-refractivity contribution in [1.29, 1.82) is 0 Å². The lowest BCUT2D eigenvalue weighted by Gasteiger charge is -2.33. The first-order chi connectivity index (χ1) is 9.17. The third-order valence-electron chi connectivity index (χ3n) is 3.89. The van der Waals surface area contributed by atoms with E-state index in [4.69, 9.17) is 5.84 Å². The number of anilines is 2. The zero-order chi connectivity index (χ0) is 13.8. The van der Waals surface area contributed by atoms with E-state index in [1.165, 1.54) is 6.42 Å². The lowest BCUT2D eigenvalue weighted by atomic mass is 9.94. The fourth-order valence-corrected chi connectivity index (χ4v) is 2.68. The number of nitrogens with one attached hydrogen (secondary N) is 1. The van der Waals surface area contributed by atoms with Crippen LogP contribution in [0, 0.1) is 16.0 Å². The number of nitro groups is 1. The van der Waals surface area contributed by atoms with Crippen LogP contribution < -0.4 is 16.2 Å². The Morgan fingerprint density at radius 3 is 2.68 bits per heavy atom. The molecule has 1 fully saturated rings. The highest BCUT2D eigenvalue weighted by Gasteiger charge is 2.26. The van der Waals surface area contributed by atoms with Crippen LogP contribution in [0.4, 0.5) is 17.1 Å². The Kier molecular flexibility index (Phi) is 4.21. The molecule has 0 bridgehead atoms. The maximum atomic E-state index is 11.2. The van der Waals surface area contributed by atoms with Crippen LogP contribution in [0.1, 0.15) is 26.2 Å². The van der Waals surface area contributed by atoms with E-state index in [9.17, 15) is 10.1 Å². The second-order valence-corrected chi connectivity index (χ2v) is 4.91. The average Bonchev–Trinajstić information content (AvgIpc) is 2.46. The Balaban J connectivity index is 2.27. The third kappa shape index (κ3) is 2.78. The molecule has 2 rings (SSSR count). The van der Waals surface area contributed by atoms with Gasteiger partial charge in [-0.3, -0.25) is 16.0 Å². The molecule has 0 radical (unpaired) electrons. The molecule has 0 atom stereocenters. The molecule has 1 aliphatic heterocycles. The van der Waals surface area contributed by atoms with E-state index in [0.717, 1.165) is 31.8 Å². The van der Waals surface area contributed by atoms with Gasteiger partial charge in [0.1, 0.15) is 11.4 Å². The van der Waals surface area contributed by atoms with Crippen molar-refractivity contribution < 1.29 is 4.92 Å². The van der Waals surface area contributed by atoms with Crippen molar-refractivity contribution in [2.45, 2.75) is 26.2 Å². The first-order valence-electron chi connectivity index (χ1n) is 6.66. The van der Waals surface area contributed by atoms with Crippen LogP contribution in [-0.2, 0) is 0 Å². The highest BCUT2D eigenvalue weighted by Crippen LogP contribution is 2.37. The Bertz CT molecular complexity index is 456. The van der Waals surface area contributed by atoms with Crippen molar-refractivity contribution in [2.24, 2.45) is 11.8 Å². The van der Waals surface area contributed by atoms with E-state index in [2.05, 4.69) is 17.2 Å². The standard InChI is InChI=1S/C13H20N4O2/c1-2-10-6-8-16(9-7-10)12-5-3-4-11(15-14)13(12)17(18)19/h3-5,10,15H,2,6-9,14H2,1H3. The summed E-state index contributed by atoms with van der Waals surface area (Å²) in [5.41, 5.74) is 3.50. The molecule has 6 heteroatoms. The summed E-state index contributed by atoms with van der Waals surface area (Å²) in [5, 5.41) is 11.2. The second-order valence-electron chi connectivity index (χ2n) is 4.91. The van der Waals surface area contributed by atoms with Crippen molar-refractivity contribution in [1.82, 2.24) is 0 Å². The van der Waals surface area contributed by atoms with E-state index >= 15 is 0 Å². The Morgan fingerprint density at radius 2 is 2.16 bits per heavy atom. The van der Waals surface area contributed by atoms with E-state index < -0.39 is 0 Å². The number of nitrogens with zero attached hydrogens (tertiary/aromatic N) is 2. The molecule has 19 heavy (non-hydrogen) atoms. The van der Waals surface area contributed by atoms with Crippen molar-refractivity contribution in [3.63, 3.8) is 0 Å². The molecule has 0 amide bonds. The lowest BCUT2D eigenvalue weighted by Crippen LogP contribution is -2.34. The molecular weight excluding hydrogens is 244 g/mol. The van der Waals surface area contributed by atoms with Gasteiger partial charge in [-0.05, 0) is 30.9 Å². The number of para-hydroxylation sites is 1. The summed E-state index contributed by atoms with van der Waals surface area (Å²) in [6.07, 6.45) is 3.36. The van der Waals surface area contributed by atoms with Crippen LogP contribution in [0.2, 0.25) is 0 Å². The molecule has 1 aromatic rings. The second kappa shape index (κ2) is 5.88. The fourth-order valence-electron chi connectivity index (χ4n) is 2.68. The number of rotatable bonds is 4. The summed E-state index contributed by atoms with van der Waals surface area (Å²) in [6, 6.07) is 5.22. The molecule has 0 spiro atoms. The summed E-state index contributed by atoms with van der Waals surface area (Å²) < 4.78 is 0.